The number of hydrogen-bond acceptors (Lipinski definition) is 2. The van der Waals surface area contributed by atoms with Gasteiger partial charge < -0.3 is 10.8 Å². The molecule has 0 spiro atoms. The molecule has 14 heavy (non-hydrogen) atoms. The maximum Gasteiger partial charge on any atom is 0.0402 e. The number of rotatable bonds is 0. The summed E-state index contributed by atoms with van der Waals surface area (Å²) in [5.74, 6) is 0. The number of nitrogen functional groups attached to an aromatic ring is 1. The van der Waals surface area contributed by atoms with Gasteiger partial charge >= 0.3 is 0 Å². The highest BCUT2D eigenvalue weighted by Crippen LogP contribution is 2.19. The summed E-state index contributed by atoms with van der Waals surface area (Å²) in [6.45, 7) is 1.93. The van der Waals surface area contributed by atoms with E-state index in [9.17, 15) is 0 Å². The first-order chi connectivity index (χ1) is 6.79. The second kappa shape index (κ2) is 5.25. The molecule has 0 aliphatic rings. The van der Waals surface area contributed by atoms with E-state index in [-0.39, 0.29) is 6.61 Å². The van der Waals surface area contributed by atoms with Crippen molar-refractivity contribution in [2.75, 3.05) is 12.3 Å². The van der Waals surface area contributed by atoms with Crippen LogP contribution in [0.1, 0.15) is 6.92 Å². The number of aliphatic hydroxyl groups is 1. The van der Waals surface area contributed by atoms with Crippen LogP contribution in [-0.4, -0.2) is 11.7 Å². The molecule has 0 saturated heterocycles. The average Bonchev–Trinajstić information content (AvgIpc) is 2.20. The summed E-state index contributed by atoms with van der Waals surface area (Å²) in [6, 6.07) is 14.1. The van der Waals surface area contributed by atoms with Crippen molar-refractivity contribution in [3.8, 4) is 0 Å². The molecule has 0 aliphatic heterocycles. The molecule has 0 fully saturated rings. The zero-order valence-corrected chi connectivity index (χ0v) is 8.27. The van der Waals surface area contributed by atoms with Gasteiger partial charge in [0.2, 0.25) is 0 Å². The van der Waals surface area contributed by atoms with E-state index in [4.69, 9.17) is 10.8 Å². The molecule has 3 N–H and O–H groups in total. The molecule has 0 unspecified atom stereocenters. The van der Waals surface area contributed by atoms with Crippen LogP contribution in [0.4, 0.5) is 5.69 Å². The van der Waals surface area contributed by atoms with Crippen LogP contribution in [-0.2, 0) is 0 Å². The predicted molar refractivity (Wildman–Crippen MR) is 61.1 cm³/mol. The Balaban J connectivity index is 0.000000293. The highest BCUT2D eigenvalue weighted by Gasteiger charge is 1.92. The molecule has 0 amide bonds. The van der Waals surface area contributed by atoms with Crippen molar-refractivity contribution in [2.45, 2.75) is 6.92 Å². The third-order valence-electron chi connectivity index (χ3n) is 1.82. The normalized spacial score (nSPS) is 9.29. The Bertz CT molecular complexity index is 393. The average molecular weight is 189 g/mol. The maximum atomic E-state index is 7.57. The van der Waals surface area contributed by atoms with Gasteiger partial charge in [-0.15, -0.1) is 0 Å². The van der Waals surface area contributed by atoms with Crippen LogP contribution in [0, 0.1) is 0 Å². The van der Waals surface area contributed by atoms with Gasteiger partial charge in [0.05, 0.1) is 0 Å². The van der Waals surface area contributed by atoms with E-state index in [2.05, 4.69) is 12.1 Å². The number of anilines is 1. The maximum absolute atomic E-state index is 7.57. The largest absolute Gasteiger partial charge is 0.398 e. The van der Waals surface area contributed by atoms with E-state index in [1.54, 1.807) is 6.92 Å². The molecular formula is C12H15NO. The third-order valence-corrected chi connectivity index (χ3v) is 1.82. The van der Waals surface area contributed by atoms with Crippen molar-refractivity contribution in [3.63, 3.8) is 0 Å². The smallest absolute Gasteiger partial charge is 0.0402 e. The first-order valence-electron chi connectivity index (χ1n) is 4.63. The van der Waals surface area contributed by atoms with E-state index in [1.807, 2.05) is 30.3 Å². The summed E-state index contributed by atoms with van der Waals surface area (Å²) < 4.78 is 0. The fraction of sp³-hybridized carbons (Fsp3) is 0.167. The summed E-state index contributed by atoms with van der Waals surface area (Å²) >= 11 is 0. The standard InChI is InChI=1S/C10H9N.C2H6O/c11-10-7-3-5-8-4-1-2-6-9(8)10;1-2-3/h1-7H,11H2;3H,2H2,1H3. The van der Waals surface area contributed by atoms with Gasteiger partial charge in [-0.3, -0.25) is 0 Å². The minimum atomic E-state index is 0.250. The van der Waals surface area contributed by atoms with Crippen molar-refractivity contribution in [1.29, 1.82) is 0 Å². The van der Waals surface area contributed by atoms with Crippen LogP contribution in [0.25, 0.3) is 10.8 Å². The Kier molecular flexibility index (Phi) is 3.95. The molecule has 2 rings (SSSR count). The number of hydrogen-bond donors (Lipinski definition) is 2. The van der Waals surface area contributed by atoms with E-state index in [1.165, 1.54) is 5.39 Å². The van der Waals surface area contributed by atoms with Gasteiger partial charge in [-0.2, -0.15) is 0 Å². The lowest BCUT2D eigenvalue weighted by Gasteiger charge is -1.98. The van der Waals surface area contributed by atoms with Crippen LogP contribution >= 0.6 is 0 Å². The van der Waals surface area contributed by atoms with Gasteiger partial charge in [-0.25, -0.2) is 0 Å². The highest BCUT2D eigenvalue weighted by atomic mass is 16.2. The van der Waals surface area contributed by atoms with Crippen LogP contribution < -0.4 is 5.73 Å². The molecular weight excluding hydrogens is 174 g/mol. The molecule has 2 aromatic rings. The second-order valence-electron chi connectivity index (χ2n) is 2.88. The Labute approximate surface area is 84.0 Å². The van der Waals surface area contributed by atoms with E-state index >= 15 is 0 Å². The fourth-order valence-electron chi connectivity index (χ4n) is 1.25. The van der Waals surface area contributed by atoms with Gasteiger partial charge in [0.1, 0.15) is 0 Å². The number of benzene rings is 2. The van der Waals surface area contributed by atoms with Crippen LogP contribution in [0.15, 0.2) is 42.5 Å². The highest BCUT2D eigenvalue weighted by molar-refractivity contribution is 5.92. The van der Waals surface area contributed by atoms with Crippen LogP contribution in [0.2, 0.25) is 0 Å². The van der Waals surface area contributed by atoms with Crippen molar-refractivity contribution in [2.24, 2.45) is 0 Å². The summed E-state index contributed by atoms with van der Waals surface area (Å²) in [5.41, 5.74) is 6.61. The molecule has 2 aromatic carbocycles. The van der Waals surface area contributed by atoms with E-state index in [0.717, 1.165) is 11.1 Å². The topological polar surface area (TPSA) is 46.2 Å². The van der Waals surface area contributed by atoms with Crippen LogP contribution in [0.5, 0.6) is 0 Å². The van der Waals surface area contributed by atoms with E-state index in [0.29, 0.717) is 0 Å². The first kappa shape index (κ1) is 10.5. The van der Waals surface area contributed by atoms with Crippen molar-refractivity contribution in [1.82, 2.24) is 0 Å². The molecule has 2 nitrogen and oxygen atoms in total. The minimum absolute atomic E-state index is 0.250. The number of fused-ring (bicyclic) bond motifs is 1. The van der Waals surface area contributed by atoms with Gasteiger partial charge in [0, 0.05) is 17.7 Å². The lowest BCUT2D eigenvalue weighted by Crippen LogP contribution is -1.84. The Morgan fingerprint density at radius 3 is 2.29 bits per heavy atom. The molecule has 0 bridgehead atoms. The summed E-state index contributed by atoms with van der Waals surface area (Å²) in [4.78, 5) is 0. The Hall–Kier alpha value is -1.54. The zero-order chi connectivity index (χ0) is 10.4. The summed E-state index contributed by atoms with van der Waals surface area (Å²) in [7, 11) is 0. The molecule has 0 saturated carbocycles. The Morgan fingerprint density at radius 1 is 1.07 bits per heavy atom. The van der Waals surface area contributed by atoms with Crippen LogP contribution in [0.3, 0.4) is 0 Å². The first-order valence-corrected chi connectivity index (χ1v) is 4.63. The molecule has 2 heteroatoms. The monoisotopic (exact) mass is 189 g/mol. The second-order valence-corrected chi connectivity index (χ2v) is 2.88. The molecule has 0 radical (unpaired) electrons. The lowest BCUT2D eigenvalue weighted by molar-refractivity contribution is 0.318. The van der Waals surface area contributed by atoms with Crippen molar-refractivity contribution in [3.05, 3.63) is 42.5 Å². The third kappa shape index (κ3) is 2.47. The van der Waals surface area contributed by atoms with Crippen molar-refractivity contribution >= 4 is 16.5 Å². The number of aliphatic hydroxyl groups excluding tert-OH is 1. The lowest BCUT2D eigenvalue weighted by atomic mass is 10.1. The summed E-state index contributed by atoms with van der Waals surface area (Å²) in [6.07, 6.45) is 0. The van der Waals surface area contributed by atoms with Gasteiger partial charge in [-0.05, 0) is 18.4 Å². The predicted octanol–water partition coefficient (Wildman–Crippen LogP) is 2.42. The molecule has 0 heterocycles. The molecule has 0 aliphatic carbocycles. The summed E-state index contributed by atoms with van der Waals surface area (Å²) in [5, 5.41) is 9.91. The molecule has 0 aromatic heterocycles. The SMILES string of the molecule is CCO.Nc1cccc2ccccc12. The molecule has 0 atom stereocenters. The number of nitrogens with two attached hydrogens (primary N) is 1. The zero-order valence-electron chi connectivity index (χ0n) is 8.27. The fourth-order valence-corrected chi connectivity index (χ4v) is 1.25. The van der Waals surface area contributed by atoms with Crippen molar-refractivity contribution < 1.29 is 5.11 Å². The van der Waals surface area contributed by atoms with Gasteiger partial charge in [-0.1, -0.05) is 36.4 Å². The quantitative estimate of drug-likeness (QED) is 0.625. The van der Waals surface area contributed by atoms with E-state index < -0.39 is 0 Å². The van der Waals surface area contributed by atoms with Gasteiger partial charge in [0.15, 0.2) is 0 Å². The minimum Gasteiger partial charge on any atom is -0.398 e. The molecule has 74 valence electrons. The Morgan fingerprint density at radius 2 is 1.64 bits per heavy atom. The van der Waals surface area contributed by atoms with Gasteiger partial charge in [0.25, 0.3) is 0 Å².